The molecule has 16 heavy (non-hydrogen) atoms. The van der Waals surface area contributed by atoms with E-state index >= 15 is 0 Å². The maximum atomic E-state index is 11.0. The maximum absolute atomic E-state index is 11.0. The lowest BCUT2D eigenvalue weighted by atomic mass is 10.1. The molecular formula is C10H14N2O3S. The molecule has 1 atom stereocenters. The van der Waals surface area contributed by atoms with Crippen LogP contribution in [0.2, 0.25) is 0 Å². The highest BCUT2D eigenvalue weighted by Crippen LogP contribution is 2.25. The number of nitrogens with two attached hydrogens (primary N) is 1. The quantitative estimate of drug-likeness (QED) is 0.526. The van der Waals surface area contributed by atoms with Crippen molar-refractivity contribution in [3.63, 3.8) is 0 Å². The van der Waals surface area contributed by atoms with Gasteiger partial charge in [0.15, 0.2) is 0 Å². The first-order chi connectivity index (χ1) is 7.54. The zero-order valence-electron chi connectivity index (χ0n) is 8.90. The Balaban J connectivity index is 2.58. The zero-order valence-corrected chi connectivity index (χ0v) is 9.71. The summed E-state index contributed by atoms with van der Waals surface area (Å²) in [7, 11) is 0. The van der Waals surface area contributed by atoms with E-state index in [2.05, 4.69) is 0 Å². The van der Waals surface area contributed by atoms with Crippen molar-refractivity contribution >= 4 is 23.2 Å². The molecule has 1 unspecified atom stereocenters. The smallest absolute Gasteiger partial charge is 0.243 e. The van der Waals surface area contributed by atoms with Crippen LogP contribution in [0.4, 0.5) is 0 Å². The molecule has 0 aromatic carbocycles. The van der Waals surface area contributed by atoms with E-state index in [1.807, 2.05) is 12.1 Å². The Morgan fingerprint density at radius 2 is 2.25 bits per heavy atom. The number of hydroxylamine groups is 1. The highest BCUT2D eigenvalue weighted by Gasteiger charge is 2.14. The number of carbonyl (C=O) groups is 2. The monoisotopic (exact) mass is 242 g/mol. The van der Waals surface area contributed by atoms with Crippen LogP contribution in [-0.2, 0) is 16.0 Å². The van der Waals surface area contributed by atoms with Crippen LogP contribution >= 0.6 is 11.3 Å². The molecule has 1 aromatic heterocycles. The SMILES string of the molecule is CC(C(N)=O)c1ccc(CCC(=O)NO)s1. The second-order valence-electron chi connectivity index (χ2n) is 3.46. The molecule has 6 heteroatoms. The largest absolute Gasteiger partial charge is 0.369 e. The fraction of sp³-hybridized carbons (Fsp3) is 0.400. The second-order valence-corrected chi connectivity index (χ2v) is 4.66. The molecule has 0 saturated carbocycles. The van der Waals surface area contributed by atoms with Crippen LogP contribution in [0.25, 0.3) is 0 Å². The van der Waals surface area contributed by atoms with E-state index in [9.17, 15) is 9.59 Å². The molecule has 1 heterocycles. The summed E-state index contributed by atoms with van der Waals surface area (Å²) in [6.07, 6.45) is 0.768. The number of amides is 2. The van der Waals surface area contributed by atoms with Crippen LogP contribution in [0.15, 0.2) is 12.1 Å². The minimum absolute atomic E-state index is 0.224. The van der Waals surface area contributed by atoms with E-state index in [-0.39, 0.29) is 18.2 Å². The van der Waals surface area contributed by atoms with Crippen LogP contribution in [0.1, 0.15) is 29.0 Å². The second kappa shape index (κ2) is 5.62. The average molecular weight is 242 g/mol. The molecule has 1 aromatic rings. The Morgan fingerprint density at radius 3 is 2.81 bits per heavy atom. The van der Waals surface area contributed by atoms with Crippen LogP contribution < -0.4 is 11.2 Å². The Bertz CT molecular complexity index is 389. The summed E-state index contributed by atoms with van der Waals surface area (Å²) in [4.78, 5) is 23.6. The van der Waals surface area contributed by atoms with E-state index in [1.165, 1.54) is 11.3 Å². The van der Waals surface area contributed by atoms with Gasteiger partial charge in [0.2, 0.25) is 11.8 Å². The first-order valence-electron chi connectivity index (χ1n) is 4.85. The fourth-order valence-electron chi connectivity index (χ4n) is 1.19. The van der Waals surface area contributed by atoms with Crippen molar-refractivity contribution < 1.29 is 14.8 Å². The van der Waals surface area contributed by atoms with E-state index in [1.54, 1.807) is 12.4 Å². The van der Waals surface area contributed by atoms with Crippen molar-refractivity contribution in [2.75, 3.05) is 0 Å². The number of hydrogen-bond donors (Lipinski definition) is 3. The molecule has 0 saturated heterocycles. The Hall–Kier alpha value is -1.40. The summed E-state index contributed by atoms with van der Waals surface area (Å²) in [5.41, 5.74) is 6.77. The molecule has 0 aliphatic heterocycles. The molecule has 0 fully saturated rings. The predicted molar refractivity (Wildman–Crippen MR) is 60.2 cm³/mol. The topological polar surface area (TPSA) is 92.4 Å². The molecule has 1 rings (SSSR count). The van der Waals surface area contributed by atoms with Crippen molar-refractivity contribution in [3.05, 3.63) is 21.9 Å². The molecule has 5 nitrogen and oxygen atoms in total. The van der Waals surface area contributed by atoms with Crippen molar-refractivity contribution in [1.29, 1.82) is 0 Å². The lowest BCUT2D eigenvalue weighted by Crippen LogP contribution is -2.18. The minimum Gasteiger partial charge on any atom is -0.369 e. The van der Waals surface area contributed by atoms with E-state index in [0.717, 1.165) is 9.75 Å². The van der Waals surface area contributed by atoms with Gasteiger partial charge in [-0.15, -0.1) is 11.3 Å². The van der Waals surface area contributed by atoms with Gasteiger partial charge in [0.05, 0.1) is 5.92 Å². The number of thiophene rings is 1. The minimum atomic E-state index is -0.419. The third-order valence-corrected chi connectivity index (χ3v) is 3.59. The van der Waals surface area contributed by atoms with Crippen LogP contribution in [0.3, 0.4) is 0 Å². The van der Waals surface area contributed by atoms with Gasteiger partial charge in [0, 0.05) is 16.2 Å². The highest BCUT2D eigenvalue weighted by atomic mass is 32.1. The maximum Gasteiger partial charge on any atom is 0.243 e. The number of rotatable bonds is 5. The summed E-state index contributed by atoms with van der Waals surface area (Å²) in [5.74, 6) is -1.08. The molecular weight excluding hydrogens is 228 g/mol. The van der Waals surface area contributed by atoms with Crippen molar-refractivity contribution in [1.82, 2.24) is 5.48 Å². The summed E-state index contributed by atoms with van der Waals surface area (Å²) < 4.78 is 0. The van der Waals surface area contributed by atoms with E-state index in [0.29, 0.717) is 6.42 Å². The molecule has 0 spiro atoms. The van der Waals surface area contributed by atoms with Gasteiger partial charge in [0.25, 0.3) is 0 Å². The van der Waals surface area contributed by atoms with Crippen molar-refractivity contribution in [3.8, 4) is 0 Å². The van der Waals surface area contributed by atoms with Crippen LogP contribution in [0.5, 0.6) is 0 Å². The van der Waals surface area contributed by atoms with Gasteiger partial charge in [0.1, 0.15) is 0 Å². The highest BCUT2D eigenvalue weighted by molar-refractivity contribution is 7.12. The van der Waals surface area contributed by atoms with Gasteiger partial charge in [-0.05, 0) is 25.5 Å². The Kier molecular flexibility index (Phi) is 4.45. The summed E-state index contributed by atoms with van der Waals surface area (Å²) in [5, 5.41) is 8.32. The number of hydrogen-bond acceptors (Lipinski definition) is 4. The average Bonchev–Trinajstić information content (AvgIpc) is 2.73. The molecule has 0 radical (unpaired) electrons. The van der Waals surface area contributed by atoms with Gasteiger partial charge < -0.3 is 5.73 Å². The molecule has 0 bridgehead atoms. The van der Waals surface area contributed by atoms with Crippen LogP contribution in [0, 0.1) is 0 Å². The molecule has 88 valence electrons. The first-order valence-corrected chi connectivity index (χ1v) is 5.67. The van der Waals surface area contributed by atoms with E-state index < -0.39 is 5.91 Å². The normalized spacial score (nSPS) is 12.1. The standard InChI is InChI=1S/C10H14N2O3S/c1-6(10(11)14)8-4-2-7(16-8)3-5-9(13)12-15/h2,4,6,15H,3,5H2,1H3,(H2,11,14)(H,12,13). The van der Waals surface area contributed by atoms with Crippen molar-refractivity contribution in [2.24, 2.45) is 5.73 Å². The molecule has 0 aliphatic carbocycles. The molecule has 0 aliphatic rings. The zero-order chi connectivity index (χ0) is 12.1. The Labute approximate surface area is 97.2 Å². The third-order valence-electron chi connectivity index (χ3n) is 2.26. The van der Waals surface area contributed by atoms with Gasteiger partial charge in [-0.1, -0.05) is 0 Å². The van der Waals surface area contributed by atoms with Gasteiger partial charge in [-0.25, -0.2) is 5.48 Å². The third kappa shape index (κ3) is 3.32. The number of nitrogens with one attached hydrogen (secondary N) is 1. The lowest BCUT2D eigenvalue weighted by molar-refractivity contribution is -0.129. The van der Waals surface area contributed by atoms with Gasteiger partial charge in [-0.2, -0.15) is 0 Å². The van der Waals surface area contributed by atoms with Crippen molar-refractivity contribution in [2.45, 2.75) is 25.7 Å². The van der Waals surface area contributed by atoms with Gasteiger partial charge >= 0.3 is 0 Å². The van der Waals surface area contributed by atoms with Crippen LogP contribution in [-0.4, -0.2) is 17.0 Å². The summed E-state index contributed by atoms with van der Waals surface area (Å²) in [6, 6.07) is 3.70. The Morgan fingerprint density at radius 1 is 1.56 bits per heavy atom. The molecule has 2 amide bonds. The molecule has 4 N–H and O–H groups in total. The van der Waals surface area contributed by atoms with E-state index in [4.69, 9.17) is 10.9 Å². The lowest BCUT2D eigenvalue weighted by Gasteiger charge is -2.02. The summed E-state index contributed by atoms with van der Waals surface area (Å²) >= 11 is 1.46. The first kappa shape index (κ1) is 12.7. The predicted octanol–water partition coefficient (Wildman–Crippen LogP) is 0.775. The fourth-order valence-corrected chi connectivity index (χ4v) is 2.27. The number of primary amides is 1. The summed E-state index contributed by atoms with van der Waals surface area (Å²) in [6.45, 7) is 1.75. The van der Waals surface area contributed by atoms with Gasteiger partial charge in [-0.3, -0.25) is 14.8 Å². The number of carbonyl (C=O) groups excluding carboxylic acids is 2. The number of aryl methyl sites for hydroxylation is 1.